The van der Waals surface area contributed by atoms with E-state index in [2.05, 4.69) is 10.3 Å². The van der Waals surface area contributed by atoms with E-state index in [-0.39, 0.29) is 17.8 Å². The second-order valence-electron chi connectivity index (χ2n) is 5.22. The van der Waals surface area contributed by atoms with Gasteiger partial charge in [-0.25, -0.2) is 9.37 Å². The molecule has 2 aromatic rings. The Morgan fingerprint density at radius 1 is 1.48 bits per heavy atom. The Labute approximate surface area is 128 Å². The second-order valence-corrected chi connectivity index (χ2v) is 5.60. The van der Waals surface area contributed by atoms with Crippen molar-refractivity contribution in [3.8, 4) is 0 Å². The summed E-state index contributed by atoms with van der Waals surface area (Å²) >= 11 is 5.79. The molecule has 0 radical (unpaired) electrons. The van der Waals surface area contributed by atoms with Crippen LogP contribution in [0.25, 0.3) is 11.0 Å². The number of aromatic nitrogens is 2. The summed E-state index contributed by atoms with van der Waals surface area (Å²) in [6.45, 7) is 4.35. The molecule has 0 atom stereocenters. The highest BCUT2D eigenvalue weighted by atomic mass is 35.5. The summed E-state index contributed by atoms with van der Waals surface area (Å²) in [5, 5.41) is 2.86. The van der Waals surface area contributed by atoms with Crippen molar-refractivity contribution in [2.24, 2.45) is 0 Å². The van der Waals surface area contributed by atoms with Crippen LogP contribution in [0.4, 0.5) is 4.39 Å². The number of carbonyl (C=O) groups is 1. The maximum atomic E-state index is 13.3. The Balaban J connectivity index is 2.23. The van der Waals surface area contributed by atoms with Crippen molar-refractivity contribution < 1.29 is 9.18 Å². The number of hydrogen-bond donors (Lipinski definition) is 1. The number of nitrogens with one attached hydrogen (secondary N) is 1. The smallest absolute Gasteiger partial charge is 0.221 e. The van der Waals surface area contributed by atoms with Gasteiger partial charge in [0.15, 0.2) is 0 Å². The van der Waals surface area contributed by atoms with Gasteiger partial charge < -0.3 is 9.88 Å². The molecule has 1 aromatic carbocycles. The van der Waals surface area contributed by atoms with Crippen LogP contribution in [0.2, 0.25) is 0 Å². The minimum absolute atomic E-state index is 0.00853. The van der Waals surface area contributed by atoms with Gasteiger partial charge in [-0.05, 0) is 26.0 Å². The molecule has 0 unspecified atom stereocenters. The number of amides is 1. The lowest BCUT2D eigenvalue weighted by Crippen LogP contribution is -2.30. The molecule has 0 fully saturated rings. The number of benzene rings is 1. The fourth-order valence-corrected chi connectivity index (χ4v) is 2.45. The second kappa shape index (κ2) is 6.89. The summed E-state index contributed by atoms with van der Waals surface area (Å²) in [5.74, 6) is 0.889. The lowest BCUT2D eigenvalue weighted by atomic mass is 10.3. The molecule has 0 aliphatic carbocycles. The number of fused-ring (bicyclic) bond motifs is 1. The van der Waals surface area contributed by atoms with Crippen LogP contribution in [-0.2, 0) is 17.8 Å². The minimum atomic E-state index is -0.317. The molecule has 114 valence electrons. The molecule has 1 N–H and O–H groups in total. The largest absolute Gasteiger partial charge is 0.354 e. The predicted molar refractivity (Wildman–Crippen MR) is 82.0 cm³/mol. The van der Waals surface area contributed by atoms with E-state index in [0.717, 1.165) is 11.3 Å². The molecular formula is C15H19ClFN3O. The third kappa shape index (κ3) is 3.94. The molecule has 21 heavy (non-hydrogen) atoms. The van der Waals surface area contributed by atoms with E-state index in [4.69, 9.17) is 11.6 Å². The first-order valence-corrected chi connectivity index (χ1v) is 7.54. The maximum absolute atomic E-state index is 13.3. The van der Waals surface area contributed by atoms with Gasteiger partial charge in [0.2, 0.25) is 5.91 Å². The van der Waals surface area contributed by atoms with Crippen LogP contribution in [0.15, 0.2) is 18.2 Å². The van der Waals surface area contributed by atoms with Crippen LogP contribution < -0.4 is 5.32 Å². The number of halogens is 2. The first kappa shape index (κ1) is 15.8. The van der Waals surface area contributed by atoms with Gasteiger partial charge in [0.05, 0.1) is 11.0 Å². The van der Waals surface area contributed by atoms with Gasteiger partial charge in [-0.15, -0.1) is 11.6 Å². The van der Waals surface area contributed by atoms with Crippen molar-refractivity contribution in [1.82, 2.24) is 14.9 Å². The predicted octanol–water partition coefficient (Wildman–Crippen LogP) is 2.87. The van der Waals surface area contributed by atoms with Gasteiger partial charge in [-0.3, -0.25) is 4.79 Å². The summed E-state index contributed by atoms with van der Waals surface area (Å²) in [4.78, 5) is 16.2. The number of alkyl halides is 1. The molecule has 0 aliphatic heterocycles. The Hall–Kier alpha value is -1.62. The molecule has 4 nitrogen and oxygen atoms in total. The third-order valence-corrected chi connectivity index (χ3v) is 3.31. The van der Waals surface area contributed by atoms with E-state index in [1.165, 1.54) is 12.1 Å². The molecule has 6 heteroatoms. The van der Waals surface area contributed by atoms with Crippen molar-refractivity contribution in [2.45, 2.75) is 39.3 Å². The van der Waals surface area contributed by atoms with E-state index < -0.39 is 0 Å². The van der Waals surface area contributed by atoms with Crippen LogP contribution in [-0.4, -0.2) is 27.4 Å². The number of nitrogens with zero attached hydrogens (tertiary/aromatic N) is 2. The van der Waals surface area contributed by atoms with Gasteiger partial charge >= 0.3 is 0 Å². The fraction of sp³-hybridized carbons (Fsp3) is 0.467. The number of rotatable bonds is 6. The number of carbonyl (C=O) groups excluding carboxylic acids is 1. The highest BCUT2D eigenvalue weighted by Crippen LogP contribution is 2.18. The molecule has 2 rings (SSSR count). The molecule has 0 bridgehead atoms. The third-order valence-electron chi connectivity index (χ3n) is 3.12. The average Bonchev–Trinajstić information content (AvgIpc) is 2.72. The highest BCUT2D eigenvalue weighted by molar-refractivity contribution is 6.17. The van der Waals surface area contributed by atoms with Gasteiger partial charge in [-0.2, -0.15) is 0 Å². The van der Waals surface area contributed by atoms with Crippen LogP contribution in [0.1, 0.15) is 26.1 Å². The average molecular weight is 312 g/mol. The summed E-state index contributed by atoms with van der Waals surface area (Å²) in [6, 6.07) is 4.61. The normalized spacial score (nSPS) is 11.3. The molecule has 1 amide bonds. The van der Waals surface area contributed by atoms with Crippen molar-refractivity contribution in [3.05, 3.63) is 29.8 Å². The lowest BCUT2D eigenvalue weighted by molar-refractivity contribution is -0.121. The molecule has 1 aromatic heterocycles. The molecule has 1 heterocycles. The van der Waals surface area contributed by atoms with Gasteiger partial charge in [0.25, 0.3) is 0 Å². The first-order chi connectivity index (χ1) is 10.0. The summed E-state index contributed by atoms with van der Waals surface area (Å²) in [7, 11) is 0. The van der Waals surface area contributed by atoms with Crippen LogP contribution in [0.3, 0.4) is 0 Å². The van der Waals surface area contributed by atoms with Crippen LogP contribution in [0, 0.1) is 5.82 Å². The van der Waals surface area contributed by atoms with E-state index >= 15 is 0 Å². The topological polar surface area (TPSA) is 46.9 Å². The number of aryl methyl sites for hydroxylation is 2. The van der Waals surface area contributed by atoms with Gasteiger partial charge in [-0.1, -0.05) is 0 Å². The molecule has 0 aliphatic rings. The molecular weight excluding hydrogens is 293 g/mol. The van der Waals surface area contributed by atoms with E-state index in [9.17, 15) is 9.18 Å². The monoisotopic (exact) mass is 311 g/mol. The Kier molecular flexibility index (Phi) is 5.17. The van der Waals surface area contributed by atoms with Crippen molar-refractivity contribution in [3.63, 3.8) is 0 Å². The van der Waals surface area contributed by atoms with Crippen LogP contribution in [0.5, 0.6) is 0 Å². The standard InChI is InChI=1S/C15H19ClFN3O/c1-10(2)18-15(21)6-8-20-13-4-3-11(17)9-12(13)19-14(20)5-7-16/h3-4,9-10H,5-8H2,1-2H3,(H,18,21). The minimum Gasteiger partial charge on any atom is -0.354 e. The summed E-state index contributed by atoms with van der Waals surface area (Å²) in [6.07, 6.45) is 0.944. The zero-order valence-corrected chi connectivity index (χ0v) is 13.0. The first-order valence-electron chi connectivity index (χ1n) is 7.01. The van der Waals surface area contributed by atoms with Crippen molar-refractivity contribution in [1.29, 1.82) is 0 Å². The summed E-state index contributed by atoms with van der Waals surface area (Å²) < 4.78 is 15.2. The Bertz CT molecular complexity index is 639. The van der Waals surface area contributed by atoms with E-state index in [1.807, 2.05) is 18.4 Å². The van der Waals surface area contributed by atoms with Crippen molar-refractivity contribution >= 4 is 28.5 Å². The molecule has 0 saturated carbocycles. The Morgan fingerprint density at radius 2 is 2.24 bits per heavy atom. The lowest BCUT2D eigenvalue weighted by Gasteiger charge is -2.11. The molecule has 0 spiro atoms. The van der Waals surface area contributed by atoms with Gasteiger partial charge in [0, 0.05) is 37.4 Å². The van der Waals surface area contributed by atoms with Crippen molar-refractivity contribution in [2.75, 3.05) is 5.88 Å². The number of imidazole rings is 1. The Morgan fingerprint density at radius 3 is 2.90 bits per heavy atom. The summed E-state index contributed by atoms with van der Waals surface area (Å²) in [5.41, 5.74) is 1.42. The molecule has 0 saturated heterocycles. The zero-order chi connectivity index (χ0) is 15.4. The zero-order valence-electron chi connectivity index (χ0n) is 12.2. The SMILES string of the molecule is CC(C)NC(=O)CCn1c(CCCl)nc2cc(F)ccc21. The van der Waals surface area contributed by atoms with E-state index in [1.54, 1.807) is 6.07 Å². The maximum Gasteiger partial charge on any atom is 0.221 e. The van der Waals surface area contributed by atoms with Crippen LogP contribution >= 0.6 is 11.6 Å². The van der Waals surface area contributed by atoms with Gasteiger partial charge in [0.1, 0.15) is 11.6 Å². The fourth-order valence-electron chi connectivity index (χ4n) is 2.29. The van der Waals surface area contributed by atoms with E-state index in [0.29, 0.717) is 30.8 Å². The number of hydrogen-bond acceptors (Lipinski definition) is 2. The quantitative estimate of drug-likeness (QED) is 0.834. The highest BCUT2D eigenvalue weighted by Gasteiger charge is 2.12.